The van der Waals surface area contributed by atoms with Crippen molar-refractivity contribution in [1.29, 1.82) is 0 Å². The highest BCUT2D eigenvalue weighted by Crippen LogP contribution is 2.23. The van der Waals surface area contributed by atoms with Crippen LogP contribution in [0.3, 0.4) is 0 Å². The first-order chi connectivity index (χ1) is 8.02. The van der Waals surface area contributed by atoms with Gasteiger partial charge >= 0.3 is 0 Å². The maximum absolute atomic E-state index is 12.4. The summed E-state index contributed by atoms with van der Waals surface area (Å²) in [5.41, 5.74) is 0. The van der Waals surface area contributed by atoms with E-state index in [-0.39, 0.29) is 12.2 Å². The molecule has 0 aromatic carbocycles. The molecule has 1 N–H and O–H groups in total. The summed E-state index contributed by atoms with van der Waals surface area (Å²) in [6, 6.07) is 0.381. The monoisotopic (exact) mass is 240 g/mol. The fraction of sp³-hybridized carbons (Fsp3) is 0.929. The van der Waals surface area contributed by atoms with Crippen molar-refractivity contribution >= 4 is 5.91 Å². The van der Waals surface area contributed by atoms with Crippen LogP contribution in [0.1, 0.15) is 60.3 Å². The Hall–Kier alpha value is -0.570. The molecule has 0 bridgehead atoms. The zero-order chi connectivity index (χ0) is 13.0. The van der Waals surface area contributed by atoms with Crippen molar-refractivity contribution in [3.05, 3.63) is 0 Å². The Morgan fingerprint density at radius 3 is 2.24 bits per heavy atom. The van der Waals surface area contributed by atoms with Gasteiger partial charge in [-0.2, -0.15) is 0 Å². The molecule has 1 amide bonds. The van der Waals surface area contributed by atoms with Crippen molar-refractivity contribution in [3.63, 3.8) is 0 Å². The molecule has 100 valence electrons. The Bertz CT molecular complexity index is 253. The number of hydrogen-bond donors (Lipinski definition) is 1. The standard InChI is InChI=1S/C14H28N2O/c1-6-8-12-14(17)16(11(5)10(3)4)13(15-12)9-7-2/h10-13,15H,6-9H2,1-5H3. The van der Waals surface area contributed by atoms with E-state index >= 15 is 0 Å². The lowest BCUT2D eigenvalue weighted by atomic mass is 10.0. The Morgan fingerprint density at radius 1 is 1.18 bits per heavy atom. The molecule has 1 aliphatic heterocycles. The predicted molar refractivity (Wildman–Crippen MR) is 71.7 cm³/mol. The zero-order valence-electron chi connectivity index (χ0n) is 12.0. The minimum atomic E-state index is 0.0535. The van der Waals surface area contributed by atoms with Gasteiger partial charge in [0.15, 0.2) is 0 Å². The summed E-state index contributed by atoms with van der Waals surface area (Å²) < 4.78 is 0. The Kier molecular flexibility index (Phi) is 5.44. The van der Waals surface area contributed by atoms with Gasteiger partial charge in [-0.25, -0.2) is 0 Å². The van der Waals surface area contributed by atoms with Gasteiger partial charge < -0.3 is 4.90 Å². The highest BCUT2D eigenvalue weighted by atomic mass is 16.2. The summed E-state index contributed by atoms with van der Waals surface area (Å²) >= 11 is 0. The summed E-state index contributed by atoms with van der Waals surface area (Å²) in [4.78, 5) is 14.5. The van der Waals surface area contributed by atoms with E-state index in [4.69, 9.17) is 0 Å². The number of nitrogens with zero attached hydrogens (tertiary/aromatic N) is 1. The van der Waals surface area contributed by atoms with Crippen LogP contribution >= 0.6 is 0 Å². The van der Waals surface area contributed by atoms with Crippen LogP contribution in [0, 0.1) is 5.92 Å². The van der Waals surface area contributed by atoms with Gasteiger partial charge in [-0.1, -0.05) is 40.5 Å². The lowest BCUT2D eigenvalue weighted by molar-refractivity contribution is -0.133. The zero-order valence-corrected chi connectivity index (χ0v) is 12.0. The number of nitrogens with one attached hydrogen (secondary N) is 1. The average molecular weight is 240 g/mol. The Labute approximate surface area is 106 Å². The topological polar surface area (TPSA) is 32.3 Å². The third kappa shape index (κ3) is 3.21. The molecule has 0 aliphatic carbocycles. The fourth-order valence-electron chi connectivity index (χ4n) is 2.51. The predicted octanol–water partition coefficient (Wildman–Crippen LogP) is 2.76. The van der Waals surface area contributed by atoms with Gasteiger partial charge in [0.25, 0.3) is 0 Å². The molecule has 3 atom stereocenters. The molecule has 1 saturated heterocycles. The van der Waals surface area contributed by atoms with E-state index in [1.54, 1.807) is 0 Å². The quantitative estimate of drug-likeness (QED) is 0.774. The molecule has 3 nitrogen and oxygen atoms in total. The van der Waals surface area contributed by atoms with E-state index in [9.17, 15) is 4.79 Å². The van der Waals surface area contributed by atoms with Crippen LogP contribution in [-0.2, 0) is 4.79 Å². The third-order valence-electron chi connectivity index (χ3n) is 3.82. The highest BCUT2D eigenvalue weighted by Gasteiger charge is 2.40. The molecular weight excluding hydrogens is 212 g/mol. The van der Waals surface area contributed by atoms with Crippen LogP contribution in [0.2, 0.25) is 0 Å². The van der Waals surface area contributed by atoms with Crippen molar-refractivity contribution in [3.8, 4) is 0 Å². The SMILES string of the molecule is CCCC1NC(CCC)N(C(C)C(C)C)C1=O. The van der Waals surface area contributed by atoms with Crippen molar-refractivity contribution < 1.29 is 4.79 Å². The van der Waals surface area contributed by atoms with Gasteiger partial charge in [0, 0.05) is 6.04 Å². The first kappa shape index (κ1) is 14.5. The van der Waals surface area contributed by atoms with E-state index in [0.717, 1.165) is 25.7 Å². The maximum Gasteiger partial charge on any atom is 0.241 e. The van der Waals surface area contributed by atoms with Crippen LogP contribution in [0.5, 0.6) is 0 Å². The van der Waals surface area contributed by atoms with Gasteiger partial charge in [-0.15, -0.1) is 0 Å². The number of carbonyl (C=O) groups excluding carboxylic acids is 1. The third-order valence-corrected chi connectivity index (χ3v) is 3.82. The Balaban J connectivity index is 2.78. The van der Waals surface area contributed by atoms with E-state index in [1.165, 1.54) is 0 Å². The van der Waals surface area contributed by atoms with Crippen molar-refractivity contribution in [2.75, 3.05) is 0 Å². The number of hydrogen-bond acceptors (Lipinski definition) is 2. The average Bonchev–Trinajstić information content (AvgIpc) is 2.56. The number of amides is 1. The molecule has 1 aliphatic rings. The largest absolute Gasteiger partial charge is 0.323 e. The molecule has 17 heavy (non-hydrogen) atoms. The second kappa shape index (κ2) is 6.39. The van der Waals surface area contributed by atoms with Crippen molar-refractivity contribution in [2.45, 2.75) is 78.6 Å². The summed E-state index contributed by atoms with van der Waals surface area (Å²) in [7, 11) is 0. The van der Waals surface area contributed by atoms with Crippen LogP contribution < -0.4 is 5.32 Å². The summed E-state index contributed by atoms with van der Waals surface area (Å²) in [5.74, 6) is 0.826. The second-order valence-electron chi connectivity index (χ2n) is 5.54. The molecule has 0 radical (unpaired) electrons. The lowest BCUT2D eigenvalue weighted by Gasteiger charge is -2.32. The van der Waals surface area contributed by atoms with E-state index < -0.39 is 0 Å². The molecule has 1 fully saturated rings. The van der Waals surface area contributed by atoms with Crippen molar-refractivity contribution in [2.24, 2.45) is 5.92 Å². The first-order valence-corrected chi connectivity index (χ1v) is 7.11. The molecule has 0 spiro atoms. The normalized spacial score (nSPS) is 26.9. The first-order valence-electron chi connectivity index (χ1n) is 7.11. The van der Waals surface area contributed by atoms with Gasteiger partial charge in [0.2, 0.25) is 5.91 Å². The van der Waals surface area contributed by atoms with Crippen molar-refractivity contribution in [1.82, 2.24) is 10.2 Å². The molecule has 3 unspecified atom stereocenters. The number of rotatable bonds is 6. The van der Waals surface area contributed by atoms with Crippen LogP contribution in [0.15, 0.2) is 0 Å². The second-order valence-corrected chi connectivity index (χ2v) is 5.54. The molecule has 1 rings (SSSR count). The minimum absolute atomic E-state index is 0.0535. The van der Waals surface area contributed by atoms with E-state index in [0.29, 0.717) is 17.9 Å². The van der Waals surface area contributed by atoms with Crippen LogP contribution in [-0.4, -0.2) is 29.1 Å². The molecule has 1 heterocycles. The van der Waals surface area contributed by atoms with Crippen LogP contribution in [0.25, 0.3) is 0 Å². The smallest absolute Gasteiger partial charge is 0.241 e. The lowest BCUT2D eigenvalue weighted by Crippen LogP contribution is -2.45. The molecule has 3 heteroatoms. The van der Waals surface area contributed by atoms with E-state index in [2.05, 4.69) is 44.8 Å². The number of carbonyl (C=O) groups is 1. The van der Waals surface area contributed by atoms with Gasteiger partial charge in [-0.3, -0.25) is 10.1 Å². The van der Waals surface area contributed by atoms with Gasteiger partial charge in [0.05, 0.1) is 12.2 Å². The highest BCUT2D eigenvalue weighted by molar-refractivity contribution is 5.84. The fourth-order valence-corrected chi connectivity index (χ4v) is 2.51. The van der Waals surface area contributed by atoms with Gasteiger partial charge in [0.1, 0.15) is 0 Å². The summed E-state index contributed by atoms with van der Waals surface area (Å²) in [6.07, 6.45) is 4.45. The summed E-state index contributed by atoms with van der Waals surface area (Å²) in [6.45, 7) is 10.9. The maximum atomic E-state index is 12.4. The van der Waals surface area contributed by atoms with Gasteiger partial charge in [-0.05, 0) is 25.7 Å². The molecule has 0 saturated carbocycles. The van der Waals surface area contributed by atoms with E-state index in [1.807, 2.05) is 0 Å². The Morgan fingerprint density at radius 2 is 1.76 bits per heavy atom. The molecule has 0 aromatic rings. The molecule has 0 aromatic heterocycles. The minimum Gasteiger partial charge on any atom is -0.323 e. The van der Waals surface area contributed by atoms with Crippen LogP contribution in [0.4, 0.5) is 0 Å². The molecular formula is C14H28N2O. The summed E-state index contributed by atoms with van der Waals surface area (Å²) in [5, 5.41) is 3.50.